The maximum absolute atomic E-state index is 12.9. The molecule has 34 heavy (non-hydrogen) atoms. The quantitative estimate of drug-likeness (QED) is 0.419. The highest BCUT2D eigenvalue weighted by atomic mass is 32.2. The summed E-state index contributed by atoms with van der Waals surface area (Å²) >= 11 is 1.35. The molecule has 0 aliphatic rings. The van der Waals surface area contributed by atoms with E-state index in [1.807, 2.05) is 66.9 Å². The van der Waals surface area contributed by atoms with Crippen molar-refractivity contribution >= 4 is 27.1 Å². The maximum Gasteiger partial charge on any atom is 0.251 e. The van der Waals surface area contributed by atoms with Gasteiger partial charge in [-0.3, -0.25) is 9.69 Å². The van der Waals surface area contributed by atoms with Crippen LogP contribution in [0.2, 0.25) is 0 Å². The molecule has 0 radical (unpaired) electrons. The molecule has 0 aliphatic heterocycles. The molecule has 0 saturated heterocycles. The predicted octanol–water partition coefficient (Wildman–Crippen LogP) is 5.26. The third-order valence-electron chi connectivity index (χ3n) is 6.29. The lowest BCUT2D eigenvalue weighted by atomic mass is 9.74. The van der Waals surface area contributed by atoms with Gasteiger partial charge < -0.3 is 4.74 Å². The summed E-state index contributed by atoms with van der Waals surface area (Å²) in [6.45, 7) is 14.1. The summed E-state index contributed by atoms with van der Waals surface area (Å²) in [5.74, 6) is 0.749. The van der Waals surface area contributed by atoms with Crippen LogP contribution in [0.4, 0.5) is 0 Å². The van der Waals surface area contributed by atoms with Crippen LogP contribution in [0.15, 0.2) is 28.5 Å². The standard InChI is InChI=1S/C26H40N2O4S2/c1-10-26(11-2,23-15-19(4)24(33-23)34(30,31)27-17-28(8)9)20-12-13-21(18(3)14-20)32-16-22(29)25(5,6)7/h12-15,27H,10-11,16-17H2,1-9H3. The van der Waals surface area contributed by atoms with Gasteiger partial charge in [-0.1, -0.05) is 46.8 Å². The highest BCUT2D eigenvalue weighted by Gasteiger charge is 2.35. The van der Waals surface area contributed by atoms with Gasteiger partial charge in [-0.05, 0) is 69.6 Å². The second-order valence-electron chi connectivity index (χ2n) is 10.2. The minimum atomic E-state index is -3.59. The third kappa shape index (κ3) is 6.27. The van der Waals surface area contributed by atoms with Crippen molar-refractivity contribution in [1.82, 2.24) is 9.62 Å². The van der Waals surface area contributed by atoms with Gasteiger partial charge in [0.2, 0.25) is 0 Å². The first kappa shape index (κ1) is 28.5. The topological polar surface area (TPSA) is 75.7 Å². The van der Waals surface area contributed by atoms with Gasteiger partial charge in [0.05, 0.1) is 6.67 Å². The lowest BCUT2D eigenvalue weighted by Crippen LogP contribution is -2.33. The monoisotopic (exact) mass is 508 g/mol. The van der Waals surface area contributed by atoms with Crippen molar-refractivity contribution in [2.45, 2.75) is 70.9 Å². The molecule has 0 fully saturated rings. The van der Waals surface area contributed by atoms with Crippen molar-refractivity contribution < 1.29 is 17.9 Å². The van der Waals surface area contributed by atoms with Crippen LogP contribution >= 0.6 is 11.3 Å². The Kier molecular flexibility index (Phi) is 9.13. The number of benzene rings is 1. The summed E-state index contributed by atoms with van der Waals surface area (Å²) < 4.78 is 34.8. The fourth-order valence-corrected chi connectivity index (χ4v) is 7.05. The molecular weight excluding hydrogens is 468 g/mol. The number of hydrogen-bond donors (Lipinski definition) is 1. The molecule has 1 heterocycles. The molecule has 0 spiro atoms. The van der Waals surface area contributed by atoms with E-state index in [4.69, 9.17) is 4.74 Å². The fraction of sp³-hybridized carbons (Fsp3) is 0.577. The average Bonchev–Trinajstić information content (AvgIpc) is 3.15. The molecule has 1 aromatic heterocycles. The van der Waals surface area contributed by atoms with Gasteiger partial charge in [0.15, 0.2) is 5.78 Å². The van der Waals surface area contributed by atoms with Crippen molar-refractivity contribution in [3.05, 3.63) is 45.8 Å². The van der Waals surface area contributed by atoms with Crippen LogP contribution in [0.1, 0.15) is 69.0 Å². The molecule has 0 unspecified atom stereocenters. The average molecular weight is 509 g/mol. The second-order valence-corrected chi connectivity index (χ2v) is 13.2. The van der Waals surface area contributed by atoms with Crippen molar-refractivity contribution in [3.63, 3.8) is 0 Å². The van der Waals surface area contributed by atoms with Gasteiger partial charge in [-0.15, -0.1) is 11.3 Å². The largest absolute Gasteiger partial charge is 0.486 e. The molecule has 2 aromatic rings. The van der Waals surface area contributed by atoms with Crippen molar-refractivity contribution in [2.75, 3.05) is 27.4 Å². The minimum Gasteiger partial charge on any atom is -0.486 e. The molecule has 8 heteroatoms. The Bertz CT molecular complexity index is 1110. The second kappa shape index (κ2) is 10.9. The molecule has 0 atom stereocenters. The number of thiophene rings is 1. The molecule has 0 amide bonds. The van der Waals surface area contributed by atoms with E-state index in [2.05, 4.69) is 24.6 Å². The van der Waals surface area contributed by atoms with Crippen LogP contribution in [0.3, 0.4) is 0 Å². The number of nitrogens with one attached hydrogen (secondary N) is 1. The Hall–Kier alpha value is -1.74. The van der Waals surface area contributed by atoms with Gasteiger partial charge in [-0.25, -0.2) is 8.42 Å². The first-order chi connectivity index (χ1) is 15.7. The minimum absolute atomic E-state index is 0.0433. The Morgan fingerprint density at radius 2 is 1.68 bits per heavy atom. The zero-order chi connectivity index (χ0) is 25.9. The van der Waals surface area contributed by atoms with E-state index in [1.165, 1.54) is 11.3 Å². The zero-order valence-electron chi connectivity index (χ0n) is 22.0. The maximum atomic E-state index is 12.9. The molecule has 0 aliphatic carbocycles. The molecule has 2 rings (SSSR count). The van der Waals surface area contributed by atoms with Crippen LogP contribution in [-0.2, 0) is 20.2 Å². The lowest BCUT2D eigenvalue weighted by molar-refractivity contribution is -0.128. The Labute approximate surface area is 209 Å². The zero-order valence-corrected chi connectivity index (χ0v) is 23.7. The molecule has 190 valence electrons. The fourth-order valence-electron chi connectivity index (χ4n) is 3.87. The molecule has 0 saturated carbocycles. The van der Waals surface area contributed by atoms with Gasteiger partial charge in [0.1, 0.15) is 16.6 Å². The van der Waals surface area contributed by atoms with E-state index in [-0.39, 0.29) is 24.5 Å². The summed E-state index contributed by atoms with van der Waals surface area (Å²) in [5.41, 5.74) is 2.09. The lowest BCUT2D eigenvalue weighted by Gasteiger charge is -2.32. The molecule has 1 N–H and O–H groups in total. The molecule has 6 nitrogen and oxygen atoms in total. The van der Waals surface area contributed by atoms with E-state index in [9.17, 15) is 13.2 Å². The number of Topliss-reactive ketones (excluding diaryl/α,β-unsaturated/α-hetero) is 1. The predicted molar refractivity (Wildman–Crippen MR) is 140 cm³/mol. The molecule has 0 bridgehead atoms. The first-order valence-corrected chi connectivity index (χ1v) is 14.0. The van der Waals surface area contributed by atoms with Crippen molar-refractivity contribution in [2.24, 2.45) is 5.41 Å². The number of aryl methyl sites for hydroxylation is 2. The Morgan fingerprint density at radius 3 is 2.18 bits per heavy atom. The van der Waals surface area contributed by atoms with E-state index < -0.39 is 15.4 Å². The number of sulfonamides is 1. The van der Waals surface area contributed by atoms with E-state index in [0.29, 0.717) is 9.96 Å². The summed E-state index contributed by atoms with van der Waals surface area (Å²) in [4.78, 5) is 15.1. The van der Waals surface area contributed by atoms with Crippen molar-refractivity contribution in [3.8, 4) is 5.75 Å². The molecular formula is C26H40N2O4S2. The highest BCUT2D eigenvalue weighted by molar-refractivity contribution is 7.91. The number of nitrogens with zero attached hydrogens (tertiary/aromatic N) is 1. The van der Waals surface area contributed by atoms with Gasteiger partial charge >= 0.3 is 0 Å². The van der Waals surface area contributed by atoms with Crippen LogP contribution in [0.25, 0.3) is 0 Å². The van der Waals surface area contributed by atoms with E-state index in [0.717, 1.165) is 34.4 Å². The summed E-state index contributed by atoms with van der Waals surface area (Å²) in [6.07, 6.45) is 1.66. The SMILES string of the molecule is CCC(CC)(c1ccc(OCC(=O)C(C)(C)C)c(C)c1)c1cc(C)c(S(=O)(=O)NCN(C)C)s1. The Morgan fingerprint density at radius 1 is 1.06 bits per heavy atom. The smallest absolute Gasteiger partial charge is 0.251 e. The first-order valence-electron chi connectivity index (χ1n) is 11.7. The number of rotatable bonds is 11. The normalized spacial score (nSPS) is 12.9. The van der Waals surface area contributed by atoms with Crippen LogP contribution in [0, 0.1) is 19.3 Å². The van der Waals surface area contributed by atoms with Crippen LogP contribution < -0.4 is 9.46 Å². The van der Waals surface area contributed by atoms with E-state index >= 15 is 0 Å². The Balaban J connectivity index is 2.42. The number of ether oxygens (including phenoxy) is 1. The summed E-state index contributed by atoms with van der Waals surface area (Å²) in [7, 11) is 0.0535. The number of carbonyl (C=O) groups is 1. The van der Waals surface area contributed by atoms with Crippen molar-refractivity contribution in [1.29, 1.82) is 0 Å². The number of ketones is 1. The third-order valence-corrected chi connectivity index (χ3v) is 9.75. The number of carbonyl (C=O) groups excluding carboxylic acids is 1. The highest BCUT2D eigenvalue weighted by Crippen LogP contribution is 2.45. The summed E-state index contributed by atoms with van der Waals surface area (Å²) in [5, 5.41) is 0. The van der Waals surface area contributed by atoms with Crippen LogP contribution in [-0.4, -0.2) is 46.5 Å². The van der Waals surface area contributed by atoms with Gasteiger partial charge in [0, 0.05) is 15.7 Å². The van der Waals surface area contributed by atoms with E-state index in [1.54, 1.807) is 4.90 Å². The van der Waals surface area contributed by atoms with Gasteiger partial charge in [-0.2, -0.15) is 4.72 Å². The van der Waals surface area contributed by atoms with Gasteiger partial charge in [0.25, 0.3) is 10.0 Å². The molecule has 1 aromatic carbocycles. The van der Waals surface area contributed by atoms with Crippen LogP contribution in [0.5, 0.6) is 5.75 Å². The number of hydrogen-bond acceptors (Lipinski definition) is 6. The summed E-state index contributed by atoms with van der Waals surface area (Å²) in [6, 6.07) is 8.10.